The highest BCUT2D eigenvalue weighted by atomic mass is 31.1. The molecule has 196 valence electrons. The lowest BCUT2D eigenvalue weighted by molar-refractivity contribution is -0.118. The van der Waals surface area contributed by atoms with Gasteiger partial charge in [-0.3, -0.25) is 33.5 Å². The molecule has 1 aliphatic rings. The number of ether oxygens (including phenoxy) is 1. The van der Waals surface area contributed by atoms with E-state index in [0.29, 0.717) is 0 Å². The molecule has 2 aromatic heterocycles. The van der Waals surface area contributed by atoms with Crippen LogP contribution in [0.25, 0.3) is 11.2 Å². The summed E-state index contributed by atoms with van der Waals surface area (Å²) in [6, 6.07) is 0. The molecule has 1 fully saturated rings. The maximum atomic E-state index is 12.6. The fourth-order valence-corrected chi connectivity index (χ4v) is 5.22. The minimum Gasteiger partial charge on any atom is -0.408 e. The number of imidazole rings is 1. The van der Waals surface area contributed by atoms with E-state index in [0.717, 1.165) is 0 Å². The summed E-state index contributed by atoms with van der Waals surface area (Å²) in [5, 5.41) is 12.4. The molecule has 3 rings (SSSR count). The van der Waals surface area contributed by atoms with E-state index in [1.165, 1.54) is 10.9 Å². The summed E-state index contributed by atoms with van der Waals surface area (Å²) in [4.78, 5) is 45.2. The van der Waals surface area contributed by atoms with Crippen molar-refractivity contribution >= 4 is 39.6 Å². The van der Waals surface area contributed by atoms with Gasteiger partial charge in [0.15, 0.2) is 25.7 Å². The topological polar surface area (TPSA) is 178 Å². The standard InChI is InChI=1S/C20H34N5O8PSi/c1-10(2)16(27)23-19-22-15-12(17(28)24-19)21-9-25(15)18-14(32-34(29)30)13(11(8-26)31-18)33-35(6,7)20(3,4)5/h9-11,13-14,18,26,34H,8H2,1-7H3,(H,29,30)(H2,22,23,24,27,28)/t11-,13-,14+,18-/m1/s1. The van der Waals surface area contributed by atoms with Crippen LogP contribution in [0.4, 0.5) is 5.95 Å². The third-order valence-corrected chi connectivity index (χ3v) is 11.4. The number of amides is 1. The summed E-state index contributed by atoms with van der Waals surface area (Å²) in [5.74, 6) is -0.779. The number of nitrogens with zero attached hydrogens (tertiary/aromatic N) is 3. The monoisotopic (exact) mass is 531 g/mol. The van der Waals surface area contributed by atoms with Gasteiger partial charge >= 0.3 is 8.25 Å². The number of nitrogens with one attached hydrogen (secondary N) is 2. The smallest absolute Gasteiger partial charge is 0.317 e. The van der Waals surface area contributed by atoms with E-state index in [1.807, 2.05) is 33.9 Å². The molecule has 2 aromatic rings. The maximum Gasteiger partial charge on any atom is 0.317 e. The fourth-order valence-electron chi connectivity index (χ4n) is 3.41. The number of carbonyl (C=O) groups is 1. The van der Waals surface area contributed by atoms with Crippen molar-refractivity contribution in [1.29, 1.82) is 0 Å². The first-order chi connectivity index (χ1) is 16.2. The minimum atomic E-state index is -3.44. The molecule has 13 nitrogen and oxygen atoms in total. The molecule has 1 saturated heterocycles. The van der Waals surface area contributed by atoms with Gasteiger partial charge in [0.2, 0.25) is 11.9 Å². The van der Waals surface area contributed by atoms with Crippen molar-refractivity contribution in [1.82, 2.24) is 19.5 Å². The predicted octanol–water partition coefficient (Wildman–Crippen LogP) is 1.76. The number of fused-ring (bicyclic) bond motifs is 1. The van der Waals surface area contributed by atoms with Crippen LogP contribution in [0.3, 0.4) is 0 Å². The van der Waals surface area contributed by atoms with Crippen LogP contribution in [-0.4, -0.2) is 68.7 Å². The predicted molar refractivity (Wildman–Crippen MR) is 131 cm³/mol. The molecule has 0 radical (unpaired) electrons. The number of hydrogen-bond acceptors (Lipinski definition) is 9. The van der Waals surface area contributed by atoms with E-state index in [9.17, 15) is 24.2 Å². The van der Waals surface area contributed by atoms with Crippen LogP contribution in [-0.2, 0) is 23.0 Å². The van der Waals surface area contributed by atoms with Gasteiger partial charge in [-0.05, 0) is 18.1 Å². The Morgan fingerprint density at radius 3 is 2.57 bits per heavy atom. The highest BCUT2D eigenvalue weighted by Gasteiger charge is 2.52. The second kappa shape index (κ2) is 10.2. The maximum absolute atomic E-state index is 12.6. The number of aromatic nitrogens is 4. The summed E-state index contributed by atoms with van der Waals surface area (Å²) in [5.41, 5.74) is -0.554. The largest absolute Gasteiger partial charge is 0.408 e. The lowest BCUT2D eigenvalue weighted by Crippen LogP contribution is -2.50. The molecule has 1 unspecified atom stereocenters. The van der Waals surface area contributed by atoms with Crippen LogP contribution < -0.4 is 10.9 Å². The molecule has 15 heteroatoms. The van der Waals surface area contributed by atoms with Crippen LogP contribution in [0.1, 0.15) is 40.8 Å². The van der Waals surface area contributed by atoms with Crippen LogP contribution >= 0.6 is 8.25 Å². The number of H-pyrrole nitrogens is 1. The van der Waals surface area contributed by atoms with Crippen molar-refractivity contribution in [3.8, 4) is 0 Å². The quantitative estimate of drug-likeness (QED) is 0.290. The average Bonchev–Trinajstić information content (AvgIpc) is 3.28. The molecule has 0 spiro atoms. The number of carbonyl (C=O) groups excluding carboxylic acids is 1. The van der Waals surface area contributed by atoms with Crippen molar-refractivity contribution in [2.45, 2.75) is 77.3 Å². The number of rotatable bonds is 8. The number of anilines is 1. The lowest BCUT2D eigenvalue weighted by Gasteiger charge is -2.40. The van der Waals surface area contributed by atoms with Crippen molar-refractivity contribution in [2.24, 2.45) is 5.92 Å². The SMILES string of the molecule is CC(C)C(=O)Nc1nc2c(ncn2[C@@H]2O[C@H](CO)[C@@H](O[Si](C)(C)C(C)(C)C)[C@@H]2O[PH](=O)O)c(=O)[nH]1. The average molecular weight is 532 g/mol. The molecule has 0 bridgehead atoms. The molecule has 1 amide bonds. The van der Waals surface area contributed by atoms with E-state index in [2.05, 4.69) is 20.3 Å². The third kappa shape index (κ3) is 5.74. The Morgan fingerprint density at radius 2 is 2.03 bits per heavy atom. The van der Waals surface area contributed by atoms with Gasteiger partial charge in [-0.2, -0.15) is 4.98 Å². The van der Waals surface area contributed by atoms with E-state index in [4.69, 9.17) is 13.7 Å². The highest BCUT2D eigenvalue weighted by Crippen LogP contribution is 2.44. The first-order valence-electron chi connectivity index (χ1n) is 11.3. The van der Waals surface area contributed by atoms with E-state index >= 15 is 0 Å². The van der Waals surface area contributed by atoms with Crippen LogP contribution in [0, 0.1) is 5.92 Å². The van der Waals surface area contributed by atoms with Crippen molar-refractivity contribution < 1.29 is 33.0 Å². The summed E-state index contributed by atoms with van der Waals surface area (Å²) in [7, 11) is -5.87. The van der Waals surface area contributed by atoms with Crippen molar-refractivity contribution in [3.05, 3.63) is 16.7 Å². The number of aliphatic hydroxyl groups excluding tert-OH is 1. The second-order valence-electron chi connectivity index (χ2n) is 10.3. The van der Waals surface area contributed by atoms with Crippen LogP contribution in [0.15, 0.2) is 11.1 Å². The Bertz CT molecular complexity index is 1160. The summed E-state index contributed by atoms with van der Waals surface area (Å²) in [6.07, 6.45) is -2.65. The van der Waals surface area contributed by atoms with E-state index in [1.54, 1.807) is 13.8 Å². The van der Waals surface area contributed by atoms with Crippen LogP contribution in [0.5, 0.6) is 0 Å². The molecule has 1 aliphatic heterocycles. The van der Waals surface area contributed by atoms with Gasteiger partial charge in [-0.15, -0.1) is 0 Å². The Labute approximate surface area is 204 Å². The Kier molecular flexibility index (Phi) is 8.06. The highest BCUT2D eigenvalue weighted by molar-refractivity contribution is 7.32. The molecule has 5 atom stereocenters. The van der Waals surface area contributed by atoms with E-state index < -0.39 is 53.3 Å². The molecular weight excluding hydrogens is 497 g/mol. The molecule has 0 aromatic carbocycles. The Balaban J connectivity index is 2.07. The number of hydrogen-bond donors (Lipinski definition) is 4. The molecule has 35 heavy (non-hydrogen) atoms. The minimum absolute atomic E-state index is 0.0270. The third-order valence-electron chi connectivity index (χ3n) is 6.41. The summed E-state index contributed by atoms with van der Waals surface area (Å²) in [6.45, 7) is 13.1. The first-order valence-corrected chi connectivity index (χ1v) is 15.4. The van der Waals surface area contributed by atoms with Gasteiger partial charge in [0.05, 0.1) is 12.9 Å². The zero-order valence-corrected chi connectivity index (χ0v) is 22.9. The Morgan fingerprint density at radius 1 is 1.37 bits per heavy atom. The van der Waals surface area contributed by atoms with Gasteiger partial charge in [-0.25, -0.2) is 4.98 Å². The molecule has 3 heterocycles. The molecular formula is C20H34N5O8PSi. The normalized spacial score (nSPS) is 24.3. The number of aromatic amines is 1. The lowest BCUT2D eigenvalue weighted by atomic mass is 10.1. The first kappa shape index (κ1) is 27.7. The van der Waals surface area contributed by atoms with Crippen molar-refractivity contribution in [3.63, 3.8) is 0 Å². The molecule has 0 saturated carbocycles. The summed E-state index contributed by atoms with van der Waals surface area (Å²) < 4.78 is 31.0. The summed E-state index contributed by atoms with van der Waals surface area (Å²) >= 11 is 0. The zero-order valence-electron chi connectivity index (χ0n) is 20.9. The number of aliphatic hydroxyl groups is 1. The molecule has 0 aliphatic carbocycles. The molecule has 4 N–H and O–H groups in total. The van der Waals surface area contributed by atoms with Crippen LogP contribution in [0.2, 0.25) is 18.1 Å². The fraction of sp³-hybridized carbons (Fsp3) is 0.700. The van der Waals surface area contributed by atoms with Gasteiger partial charge in [0.25, 0.3) is 5.56 Å². The van der Waals surface area contributed by atoms with Crippen molar-refractivity contribution in [2.75, 3.05) is 11.9 Å². The Hall–Kier alpha value is -1.93. The van der Waals surface area contributed by atoms with Gasteiger partial charge in [0.1, 0.15) is 18.3 Å². The second-order valence-corrected chi connectivity index (χ2v) is 15.8. The van der Waals surface area contributed by atoms with E-state index in [-0.39, 0.29) is 34.0 Å². The van der Waals surface area contributed by atoms with Gasteiger partial charge < -0.3 is 19.2 Å². The zero-order chi connectivity index (χ0) is 26.3. The van der Waals surface area contributed by atoms with Gasteiger partial charge in [-0.1, -0.05) is 34.6 Å². The van der Waals surface area contributed by atoms with Gasteiger partial charge in [0, 0.05) is 5.92 Å².